The van der Waals surface area contributed by atoms with Gasteiger partial charge in [-0.1, -0.05) is 103 Å². The fourth-order valence-corrected chi connectivity index (χ4v) is 5.12. The molecule has 180 valence electrons. The monoisotopic (exact) mass is 499 g/mol. The zero-order valence-electron chi connectivity index (χ0n) is 20.4. The molecular weight excluding hydrogens is 474 g/mol. The maximum Gasteiger partial charge on any atom is 0.139 e. The van der Waals surface area contributed by atoms with Crippen LogP contribution in [0.25, 0.3) is 33.7 Å². The summed E-state index contributed by atoms with van der Waals surface area (Å²) in [5.74, 6) is 1.60. The van der Waals surface area contributed by atoms with E-state index < -0.39 is 0 Å². The molecule has 0 amide bonds. The van der Waals surface area contributed by atoms with Crippen molar-refractivity contribution in [3.63, 3.8) is 0 Å². The molecule has 0 radical (unpaired) electrons. The van der Waals surface area contributed by atoms with Crippen LogP contribution in [-0.4, -0.2) is 4.98 Å². The highest BCUT2D eigenvalue weighted by Gasteiger charge is 2.26. The Bertz CT molecular complexity index is 1540. The van der Waals surface area contributed by atoms with Crippen molar-refractivity contribution in [3.05, 3.63) is 143 Å². The van der Waals surface area contributed by atoms with Crippen molar-refractivity contribution in [3.8, 4) is 28.1 Å². The Labute approximate surface area is 222 Å². The van der Waals surface area contributed by atoms with Gasteiger partial charge in [-0.15, -0.1) is 0 Å². The SMILES string of the molecule is Clc1ccc(O/C(=C2/CCCc3c(-c4ccccc4)cc(-c4ccccc4)nc32)c2ccccc2)cc1. The number of benzene rings is 4. The lowest BCUT2D eigenvalue weighted by Gasteiger charge is -2.25. The summed E-state index contributed by atoms with van der Waals surface area (Å²) in [6, 6.07) is 41.2. The Hall–Kier alpha value is -4.14. The van der Waals surface area contributed by atoms with Crippen molar-refractivity contribution in [2.24, 2.45) is 0 Å². The van der Waals surface area contributed by atoms with Crippen LogP contribution >= 0.6 is 11.6 Å². The zero-order valence-corrected chi connectivity index (χ0v) is 21.2. The first kappa shape index (κ1) is 23.3. The summed E-state index contributed by atoms with van der Waals surface area (Å²) in [5.41, 5.74) is 8.99. The molecule has 6 rings (SSSR count). The molecule has 1 aliphatic rings. The average molecular weight is 500 g/mol. The highest BCUT2D eigenvalue weighted by molar-refractivity contribution is 6.30. The molecule has 2 nitrogen and oxygen atoms in total. The molecule has 1 aliphatic carbocycles. The van der Waals surface area contributed by atoms with Crippen LogP contribution in [-0.2, 0) is 6.42 Å². The molecule has 0 unspecified atom stereocenters. The summed E-state index contributed by atoms with van der Waals surface area (Å²) in [4.78, 5) is 5.29. The van der Waals surface area contributed by atoms with Gasteiger partial charge >= 0.3 is 0 Å². The molecule has 5 aromatic rings. The van der Waals surface area contributed by atoms with Crippen LogP contribution in [0.3, 0.4) is 0 Å². The summed E-state index contributed by atoms with van der Waals surface area (Å²) < 4.78 is 6.62. The van der Waals surface area contributed by atoms with E-state index in [0.29, 0.717) is 5.02 Å². The molecule has 0 spiro atoms. The van der Waals surface area contributed by atoms with Crippen LogP contribution in [0.1, 0.15) is 29.7 Å². The van der Waals surface area contributed by atoms with E-state index in [0.717, 1.165) is 58.9 Å². The van der Waals surface area contributed by atoms with Crippen LogP contribution in [0.4, 0.5) is 0 Å². The molecule has 37 heavy (non-hydrogen) atoms. The van der Waals surface area contributed by atoms with Gasteiger partial charge in [-0.25, -0.2) is 4.98 Å². The summed E-state index contributed by atoms with van der Waals surface area (Å²) in [6.45, 7) is 0. The van der Waals surface area contributed by atoms with E-state index in [1.807, 2.05) is 48.5 Å². The standard InChI is InChI=1S/C34H26ClNO/c35-27-19-21-28(22-20-27)37-34(26-15-8-3-9-16-26)30-18-10-17-29-31(24-11-4-1-5-12-24)23-32(36-33(29)30)25-13-6-2-7-14-25/h1-9,11-16,19-23H,10,17-18H2/b34-30-. The molecule has 1 heterocycles. The van der Waals surface area contributed by atoms with Gasteiger partial charge in [0.1, 0.15) is 11.5 Å². The molecule has 4 aromatic carbocycles. The van der Waals surface area contributed by atoms with Crippen LogP contribution < -0.4 is 4.74 Å². The van der Waals surface area contributed by atoms with Crippen molar-refractivity contribution in [1.29, 1.82) is 0 Å². The first-order valence-electron chi connectivity index (χ1n) is 12.6. The van der Waals surface area contributed by atoms with Crippen LogP contribution in [0.15, 0.2) is 121 Å². The molecule has 0 fully saturated rings. The number of nitrogens with zero attached hydrogens (tertiary/aromatic N) is 1. The van der Waals surface area contributed by atoms with Gasteiger partial charge in [0.2, 0.25) is 0 Å². The second-order valence-corrected chi connectivity index (χ2v) is 9.63. The number of hydrogen-bond acceptors (Lipinski definition) is 2. The first-order chi connectivity index (χ1) is 18.3. The summed E-state index contributed by atoms with van der Waals surface area (Å²) in [7, 11) is 0. The number of fused-ring (bicyclic) bond motifs is 1. The molecule has 0 saturated heterocycles. The summed E-state index contributed by atoms with van der Waals surface area (Å²) in [5, 5.41) is 0.686. The Morgan fingerprint density at radius 3 is 1.97 bits per heavy atom. The number of ether oxygens (including phenoxy) is 1. The molecule has 0 atom stereocenters. The van der Waals surface area contributed by atoms with E-state index >= 15 is 0 Å². The third-order valence-electron chi connectivity index (χ3n) is 6.76. The van der Waals surface area contributed by atoms with E-state index in [4.69, 9.17) is 21.3 Å². The normalized spacial score (nSPS) is 14.1. The largest absolute Gasteiger partial charge is 0.456 e. The fourth-order valence-electron chi connectivity index (χ4n) is 4.99. The number of hydrogen-bond donors (Lipinski definition) is 0. The number of allylic oxidation sites excluding steroid dienone is 1. The third-order valence-corrected chi connectivity index (χ3v) is 7.01. The molecule has 0 saturated carbocycles. The summed E-state index contributed by atoms with van der Waals surface area (Å²) in [6.07, 6.45) is 2.91. The van der Waals surface area contributed by atoms with Gasteiger partial charge in [-0.2, -0.15) is 0 Å². The number of pyridine rings is 1. The quantitative estimate of drug-likeness (QED) is 0.225. The Morgan fingerprint density at radius 2 is 1.30 bits per heavy atom. The number of rotatable bonds is 5. The molecule has 0 aliphatic heterocycles. The van der Waals surface area contributed by atoms with Crippen LogP contribution in [0.2, 0.25) is 5.02 Å². The lowest BCUT2D eigenvalue weighted by atomic mass is 9.84. The lowest BCUT2D eigenvalue weighted by molar-refractivity contribution is 0.514. The van der Waals surface area contributed by atoms with Gasteiger partial charge in [-0.3, -0.25) is 0 Å². The Kier molecular flexibility index (Phi) is 6.58. The molecular formula is C34H26ClNO. The minimum atomic E-state index is 0.686. The highest BCUT2D eigenvalue weighted by Crippen LogP contribution is 2.42. The van der Waals surface area contributed by atoms with E-state index in [9.17, 15) is 0 Å². The molecule has 3 heteroatoms. The topological polar surface area (TPSA) is 22.1 Å². The molecule has 0 N–H and O–H groups in total. The Balaban J connectivity index is 1.61. The predicted molar refractivity (Wildman–Crippen MR) is 153 cm³/mol. The second kappa shape index (κ2) is 10.5. The van der Waals surface area contributed by atoms with Crippen molar-refractivity contribution in [1.82, 2.24) is 4.98 Å². The highest BCUT2D eigenvalue weighted by atomic mass is 35.5. The van der Waals surface area contributed by atoms with Gasteiger partial charge in [0.15, 0.2) is 0 Å². The van der Waals surface area contributed by atoms with Gasteiger partial charge in [0.05, 0.1) is 11.4 Å². The van der Waals surface area contributed by atoms with Crippen molar-refractivity contribution >= 4 is 22.9 Å². The van der Waals surface area contributed by atoms with Gasteiger partial charge in [0, 0.05) is 21.7 Å². The number of halogens is 1. The zero-order chi connectivity index (χ0) is 25.0. The smallest absolute Gasteiger partial charge is 0.139 e. The van der Waals surface area contributed by atoms with E-state index in [1.165, 1.54) is 16.7 Å². The molecule has 0 bridgehead atoms. The maximum absolute atomic E-state index is 6.62. The van der Waals surface area contributed by atoms with Crippen molar-refractivity contribution in [2.75, 3.05) is 0 Å². The Morgan fingerprint density at radius 1 is 0.676 bits per heavy atom. The summed E-state index contributed by atoms with van der Waals surface area (Å²) >= 11 is 6.15. The number of aromatic nitrogens is 1. The van der Waals surface area contributed by atoms with Crippen molar-refractivity contribution in [2.45, 2.75) is 19.3 Å². The van der Waals surface area contributed by atoms with E-state index in [1.54, 1.807) is 0 Å². The lowest BCUT2D eigenvalue weighted by Crippen LogP contribution is -2.11. The van der Waals surface area contributed by atoms with Gasteiger partial charge in [0.25, 0.3) is 0 Å². The van der Waals surface area contributed by atoms with E-state index in [2.05, 4.69) is 72.8 Å². The third kappa shape index (κ3) is 4.94. The predicted octanol–water partition coefficient (Wildman–Crippen LogP) is 9.35. The average Bonchev–Trinajstić information content (AvgIpc) is 2.97. The van der Waals surface area contributed by atoms with E-state index in [-0.39, 0.29) is 0 Å². The molecule has 1 aromatic heterocycles. The minimum Gasteiger partial charge on any atom is -0.456 e. The minimum absolute atomic E-state index is 0.686. The van der Waals surface area contributed by atoms with Crippen LogP contribution in [0.5, 0.6) is 5.75 Å². The van der Waals surface area contributed by atoms with Crippen LogP contribution in [0, 0.1) is 0 Å². The van der Waals surface area contributed by atoms with Gasteiger partial charge in [-0.05, 0) is 66.3 Å². The second-order valence-electron chi connectivity index (χ2n) is 9.20. The maximum atomic E-state index is 6.62. The first-order valence-corrected chi connectivity index (χ1v) is 13.0. The van der Waals surface area contributed by atoms with Crippen molar-refractivity contribution < 1.29 is 4.74 Å². The van der Waals surface area contributed by atoms with Gasteiger partial charge < -0.3 is 4.74 Å². The fraction of sp³-hybridized carbons (Fsp3) is 0.0882.